The largest absolute Gasteiger partial charge is 0.465 e. The lowest BCUT2D eigenvalue weighted by atomic mass is 9.87. The molecule has 1 aliphatic carbocycles. The highest BCUT2D eigenvalue weighted by Gasteiger charge is 2.30. The fourth-order valence-electron chi connectivity index (χ4n) is 2.80. The Kier molecular flexibility index (Phi) is 3.46. The van der Waals surface area contributed by atoms with Gasteiger partial charge in [0.2, 0.25) is 0 Å². The molecule has 0 saturated carbocycles. The predicted octanol–water partition coefficient (Wildman–Crippen LogP) is 4.45. The van der Waals surface area contributed by atoms with Crippen molar-refractivity contribution in [3.8, 4) is 0 Å². The number of hydrogen-bond acceptors (Lipinski definition) is 2. The molecule has 0 radical (unpaired) electrons. The van der Waals surface area contributed by atoms with Gasteiger partial charge in [-0.1, -0.05) is 42.5 Å². The third-order valence-corrected chi connectivity index (χ3v) is 3.78. The highest BCUT2D eigenvalue weighted by atomic mass is 16.5. The maximum atomic E-state index is 6.12. The molecule has 0 fully saturated rings. The van der Waals surface area contributed by atoms with E-state index in [1.807, 2.05) is 43.4 Å². The number of rotatable bonds is 2. The normalized spacial score (nSPS) is 23.4. The molecule has 1 aromatic carbocycles. The van der Waals surface area contributed by atoms with E-state index in [-0.39, 0.29) is 5.92 Å². The number of para-hydroxylation sites is 1. The quantitative estimate of drug-likeness (QED) is 0.802. The Labute approximate surface area is 119 Å². The molecule has 0 bridgehead atoms. The lowest BCUT2D eigenvalue weighted by molar-refractivity contribution is 0.294. The summed E-state index contributed by atoms with van der Waals surface area (Å²) < 4.78 is 6.07. The van der Waals surface area contributed by atoms with Crippen molar-refractivity contribution in [1.82, 2.24) is 0 Å². The van der Waals surface area contributed by atoms with E-state index in [2.05, 4.69) is 18.2 Å². The van der Waals surface area contributed by atoms with E-state index >= 15 is 0 Å². The lowest BCUT2D eigenvalue weighted by Crippen LogP contribution is -2.08. The number of hydrogen-bond donors (Lipinski definition) is 1. The van der Waals surface area contributed by atoms with Crippen molar-refractivity contribution in [2.45, 2.75) is 25.7 Å². The van der Waals surface area contributed by atoms with Gasteiger partial charge in [0.25, 0.3) is 0 Å². The van der Waals surface area contributed by atoms with E-state index < -0.39 is 0 Å². The molecule has 0 saturated heterocycles. The number of benzene rings is 1. The standard InChI is InChI=1S/C18H19NO/c1-2-3-8-14-12-13-7-6-10-16(18(13)20-14)15-9-4-5-11-17(15)19/h2-9,11,16H,10,12,19H2,1H3/b3-2-,14-8+. The van der Waals surface area contributed by atoms with Gasteiger partial charge in [-0.15, -0.1) is 0 Å². The first-order chi connectivity index (χ1) is 9.79. The van der Waals surface area contributed by atoms with Crippen LogP contribution in [0.15, 0.2) is 71.7 Å². The first-order valence-corrected chi connectivity index (χ1v) is 7.03. The van der Waals surface area contributed by atoms with Crippen LogP contribution >= 0.6 is 0 Å². The van der Waals surface area contributed by atoms with E-state index in [0.717, 1.165) is 35.6 Å². The van der Waals surface area contributed by atoms with E-state index in [1.54, 1.807) is 0 Å². The molecule has 1 unspecified atom stereocenters. The predicted molar refractivity (Wildman–Crippen MR) is 83.0 cm³/mol. The molecule has 2 aliphatic rings. The topological polar surface area (TPSA) is 35.2 Å². The fourth-order valence-corrected chi connectivity index (χ4v) is 2.80. The van der Waals surface area contributed by atoms with Gasteiger partial charge in [-0.3, -0.25) is 0 Å². The molecule has 1 aliphatic heterocycles. The van der Waals surface area contributed by atoms with Gasteiger partial charge < -0.3 is 10.5 Å². The fraction of sp³-hybridized carbons (Fsp3) is 0.222. The number of ether oxygens (including phenoxy) is 1. The first-order valence-electron chi connectivity index (χ1n) is 7.03. The van der Waals surface area contributed by atoms with Gasteiger partial charge in [-0.25, -0.2) is 0 Å². The monoisotopic (exact) mass is 265 g/mol. The van der Waals surface area contributed by atoms with Crippen molar-refractivity contribution in [1.29, 1.82) is 0 Å². The van der Waals surface area contributed by atoms with Crippen LogP contribution in [0.25, 0.3) is 0 Å². The van der Waals surface area contributed by atoms with Crippen molar-refractivity contribution < 1.29 is 4.74 Å². The smallest absolute Gasteiger partial charge is 0.115 e. The van der Waals surface area contributed by atoms with Crippen molar-refractivity contribution in [2.75, 3.05) is 5.73 Å². The van der Waals surface area contributed by atoms with Gasteiger partial charge in [-0.05, 0) is 36.6 Å². The highest BCUT2D eigenvalue weighted by Crippen LogP contribution is 2.44. The number of allylic oxidation sites excluding steroid dienone is 7. The average Bonchev–Trinajstić information content (AvgIpc) is 2.88. The van der Waals surface area contributed by atoms with Crippen LogP contribution in [0.2, 0.25) is 0 Å². The molecule has 0 amide bonds. The molecule has 0 spiro atoms. The first kappa shape index (κ1) is 12.8. The summed E-state index contributed by atoms with van der Waals surface area (Å²) in [6.07, 6.45) is 12.3. The maximum absolute atomic E-state index is 6.12. The second kappa shape index (κ2) is 5.41. The van der Waals surface area contributed by atoms with E-state index in [9.17, 15) is 0 Å². The minimum Gasteiger partial charge on any atom is -0.465 e. The summed E-state index contributed by atoms with van der Waals surface area (Å²) >= 11 is 0. The number of nitrogen functional groups attached to an aromatic ring is 1. The summed E-state index contributed by atoms with van der Waals surface area (Å²) in [6.45, 7) is 2.01. The molecule has 1 heterocycles. The zero-order valence-corrected chi connectivity index (χ0v) is 11.7. The molecule has 0 aromatic heterocycles. The van der Waals surface area contributed by atoms with Crippen molar-refractivity contribution >= 4 is 5.69 Å². The molecule has 20 heavy (non-hydrogen) atoms. The number of anilines is 1. The lowest BCUT2D eigenvalue weighted by Gasteiger charge is -2.22. The van der Waals surface area contributed by atoms with Gasteiger partial charge in [0.1, 0.15) is 11.5 Å². The zero-order chi connectivity index (χ0) is 13.9. The zero-order valence-electron chi connectivity index (χ0n) is 11.7. The summed E-state index contributed by atoms with van der Waals surface area (Å²) in [5, 5.41) is 0. The third-order valence-electron chi connectivity index (χ3n) is 3.78. The van der Waals surface area contributed by atoms with Crippen molar-refractivity contribution in [3.63, 3.8) is 0 Å². The van der Waals surface area contributed by atoms with E-state index in [0.29, 0.717) is 0 Å². The molecular weight excluding hydrogens is 246 g/mol. The Hall–Kier alpha value is -2.22. The van der Waals surface area contributed by atoms with Crippen LogP contribution in [-0.2, 0) is 4.74 Å². The maximum Gasteiger partial charge on any atom is 0.115 e. The number of nitrogens with two attached hydrogens (primary N) is 1. The molecule has 2 nitrogen and oxygen atoms in total. The van der Waals surface area contributed by atoms with E-state index in [4.69, 9.17) is 10.5 Å². The summed E-state index contributed by atoms with van der Waals surface area (Å²) in [5.41, 5.74) is 9.40. The highest BCUT2D eigenvalue weighted by molar-refractivity contribution is 5.53. The van der Waals surface area contributed by atoms with Crippen LogP contribution in [-0.4, -0.2) is 0 Å². The van der Waals surface area contributed by atoms with Gasteiger partial charge in [0.15, 0.2) is 0 Å². The Balaban J connectivity index is 1.92. The van der Waals surface area contributed by atoms with Gasteiger partial charge in [0.05, 0.1) is 0 Å². The molecular formula is C18H19NO. The summed E-state index contributed by atoms with van der Waals surface area (Å²) in [6, 6.07) is 8.07. The Morgan fingerprint density at radius 3 is 2.95 bits per heavy atom. The molecule has 2 N–H and O–H groups in total. The van der Waals surface area contributed by atoms with Crippen LogP contribution in [0.4, 0.5) is 5.69 Å². The van der Waals surface area contributed by atoms with Crippen LogP contribution in [0.3, 0.4) is 0 Å². The minimum absolute atomic E-state index is 0.243. The summed E-state index contributed by atoms with van der Waals surface area (Å²) in [4.78, 5) is 0. The van der Waals surface area contributed by atoms with Crippen LogP contribution < -0.4 is 5.73 Å². The Morgan fingerprint density at radius 2 is 2.15 bits per heavy atom. The second-order valence-electron chi connectivity index (χ2n) is 5.15. The molecule has 2 heteroatoms. The minimum atomic E-state index is 0.243. The van der Waals surface area contributed by atoms with Crippen LogP contribution in [0.5, 0.6) is 0 Å². The van der Waals surface area contributed by atoms with E-state index in [1.165, 1.54) is 5.57 Å². The van der Waals surface area contributed by atoms with Gasteiger partial charge in [0, 0.05) is 18.0 Å². The molecule has 1 atom stereocenters. The molecule has 1 aromatic rings. The van der Waals surface area contributed by atoms with Crippen molar-refractivity contribution in [3.05, 3.63) is 77.3 Å². The summed E-state index contributed by atoms with van der Waals surface area (Å²) in [5.74, 6) is 2.33. The SMILES string of the molecule is C/C=C\C=C1/CC2=C(O1)C(c1ccccc1N)CC=C2. The second-order valence-corrected chi connectivity index (χ2v) is 5.15. The van der Waals surface area contributed by atoms with Crippen LogP contribution in [0, 0.1) is 0 Å². The summed E-state index contributed by atoms with van der Waals surface area (Å²) in [7, 11) is 0. The van der Waals surface area contributed by atoms with Gasteiger partial charge >= 0.3 is 0 Å². The molecule has 3 rings (SSSR count). The van der Waals surface area contributed by atoms with Crippen molar-refractivity contribution in [2.24, 2.45) is 0 Å². The molecule has 102 valence electrons. The van der Waals surface area contributed by atoms with Crippen LogP contribution in [0.1, 0.15) is 31.2 Å². The average molecular weight is 265 g/mol. The Morgan fingerprint density at radius 1 is 1.30 bits per heavy atom. The third kappa shape index (κ3) is 2.29. The van der Waals surface area contributed by atoms with Gasteiger partial charge in [-0.2, -0.15) is 0 Å². The Bertz CT molecular complexity index is 635.